The third-order valence-electron chi connectivity index (χ3n) is 4.74. The quantitative estimate of drug-likeness (QED) is 0.442. The molecule has 0 saturated heterocycles. The fourth-order valence-electron chi connectivity index (χ4n) is 3.73. The molecule has 0 fully saturated rings. The van der Waals surface area contributed by atoms with Crippen LogP contribution >= 0.6 is 7.14 Å². The van der Waals surface area contributed by atoms with E-state index in [1.165, 1.54) is 0 Å². The first kappa shape index (κ1) is 12.3. The molecule has 2 heterocycles. The minimum absolute atomic E-state index is 0.930. The summed E-state index contributed by atoms with van der Waals surface area (Å²) in [5.74, 6) is 0. The van der Waals surface area contributed by atoms with Crippen LogP contribution in [0.1, 0.15) is 5.56 Å². The van der Waals surface area contributed by atoms with Gasteiger partial charge in [-0.3, -0.25) is 0 Å². The zero-order chi connectivity index (χ0) is 14.9. The van der Waals surface area contributed by atoms with E-state index in [1.807, 2.05) is 42.5 Å². The molecule has 3 heteroatoms. The van der Waals surface area contributed by atoms with Crippen LogP contribution in [0.5, 0.6) is 0 Å². The number of hydrogen-bond acceptors (Lipinski definition) is 2. The van der Waals surface area contributed by atoms with Crippen molar-refractivity contribution in [2.45, 2.75) is 6.92 Å². The van der Waals surface area contributed by atoms with Gasteiger partial charge in [0.05, 0.1) is 11.0 Å². The van der Waals surface area contributed by atoms with Crippen LogP contribution in [0.15, 0.2) is 60.7 Å². The lowest BCUT2D eigenvalue weighted by Crippen LogP contribution is -2.29. The lowest BCUT2D eigenvalue weighted by atomic mass is 10.0. The van der Waals surface area contributed by atoms with Crippen molar-refractivity contribution >= 4 is 34.4 Å². The van der Waals surface area contributed by atoms with Gasteiger partial charge in [-0.25, -0.2) is 0 Å². The van der Waals surface area contributed by atoms with Crippen molar-refractivity contribution in [3.05, 3.63) is 66.2 Å². The van der Waals surface area contributed by atoms with Gasteiger partial charge in [0, 0.05) is 16.3 Å². The van der Waals surface area contributed by atoms with Crippen molar-refractivity contribution in [3.63, 3.8) is 0 Å². The molecule has 0 aliphatic carbocycles. The summed E-state index contributed by atoms with van der Waals surface area (Å²) in [5, 5.41) is 6.41. The average molecular weight is 303 g/mol. The Hall–Kier alpha value is -2.31. The van der Waals surface area contributed by atoms with Gasteiger partial charge in [-0.1, -0.05) is 48.5 Å². The van der Waals surface area contributed by atoms with E-state index >= 15 is 0 Å². The molecule has 1 N–H and O–H groups in total. The van der Waals surface area contributed by atoms with Crippen LogP contribution in [0.2, 0.25) is 0 Å². The van der Waals surface area contributed by atoms with Gasteiger partial charge in [-0.15, -0.1) is 0 Å². The van der Waals surface area contributed by atoms with E-state index in [2.05, 4.69) is 30.4 Å². The van der Waals surface area contributed by atoms with Crippen molar-refractivity contribution in [1.29, 1.82) is 0 Å². The van der Waals surface area contributed by atoms with Crippen molar-refractivity contribution in [2.75, 3.05) is 5.32 Å². The summed E-state index contributed by atoms with van der Waals surface area (Å²) in [6.45, 7) is 2.07. The Kier molecular flexibility index (Phi) is 2.18. The number of rotatable bonds is 0. The fraction of sp³-hybridized carbons (Fsp3) is 0.0526. The molecule has 2 nitrogen and oxygen atoms in total. The Labute approximate surface area is 129 Å². The van der Waals surface area contributed by atoms with Crippen LogP contribution in [-0.4, -0.2) is 0 Å². The molecule has 0 bridgehead atoms. The zero-order valence-corrected chi connectivity index (χ0v) is 13.0. The maximum atomic E-state index is 14.2. The molecule has 1 atom stereocenters. The van der Waals surface area contributed by atoms with Crippen molar-refractivity contribution in [3.8, 4) is 11.1 Å². The van der Waals surface area contributed by atoms with E-state index in [-0.39, 0.29) is 0 Å². The molecular formula is C19H14NOP. The highest BCUT2D eigenvalue weighted by atomic mass is 31.2. The number of fused-ring (bicyclic) bond motifs is 5. The summed E-state index contributed by atoms with van der Waals surface area (Å²) in [6.07, 6.45) is 0. The Morgan fingerprint density at radius 1 is 0.818 bits per heavy atom. The largest absolute Gasteiger partial charge is 0.354 e. The highest BCUT2D eigenvalue weighted by Crippen LogP contribution is 2.57. The van der Waals surface area contributed by atoms with Crippen LogP contribution < -0.4 is 21.2 Å². The van der Waals surface area contributed by atoms with Crippen molar-refractivity contribution < 1.29 is 4.57 Å². The van der Waals surface area contributed by atoms with Gasteiger partial charge in [-0.05, 0) is 35.7 Å². The molecule has 5 rings (SSSR count). The Morgan fingerprint density at radius 2 is 1.55 bits per heavy atom. The maximum Gasteiger partial charge on any atom is 0.176 e. The van der Waals surface area contributed by atoms with Crippen molar-refractivity contribution in [2.24, 2.45) is 0 Å². The Bertz CT molecular complexity index is 1010. The fourth-order valence-corrected chi connectivity index (χ4v) is 7.15. The summed E-state index contributed by atoms with van der Waals surface area (Å²) >= 11 is 0. The van der Waals surface area contributed by atoms with Crippen molar-refractivity contribution in [1.82, 2.24) is 0 Å². The van der Waals surface area contributed by atoms with Gasteiger partial charge in [-0.2, -0.15) is 0 Å². The normalized spacial score (nSPS) is 19.9. The molecule has 0 radical (unpaired) electrons. The third kappa shape index (κ3) is 1.25. The topological polar surface area (TPSA) is 29.1 Å². The highest BCUT2D eigenvalue weighted by Gasteiger charge is 2.45. The molecular weight excluding hydrogens is 289 g/mol. The number of hydrogen-bond donors (Lipinski definition) is 1. The van der Waals surface area contributed by atoms with E-state index in [0.717, 1.165) is 44.0 Å². The first-order valence-electron chi connectivity index (χ1n) is 7.42. The molecule has 22 heavy (non-hydrogen) atoms. The van der Waals surface area contributed by atoms with E-state index in [0.29, 0.717) is 0 Å². The van der Waals surface area contributed by atoms with Gasteiger partial charge in [0.25, 0.3) is 0 Å². The van der Waals surface area contributed by atoms with E-state index in [4.69, 9.17) is 0 Å². The monoisotopic (exact) mass is 303 g/mol. The summed E-state index contributed by atoms with van der Waals surface area (Å²) in [5.41, 5.74) is 5.36. The smallest absolute Gasteiger partial charge is 0.176 e. The number of benzene rings is 3. The second-order valence-corrected chi connectivity index (χ2v) is 8.55. The third-order valence-corrected chi connectivity index (χ3v) is 7.97. The molecule has 0 aromatic heterocycles. The van der Waals surface area contributed by atoms with E-state index in [9.17, 15) is 4.57 Å². The molecule has 0 saturated carbocycles. The standard InChI is InChI=1S/C19H14NOP/c1-12-10-11-14-13-6-2-4-8-16(13)22(21)17-9-5-3-7-15(17)20-18(12)19(14)22/h2-11,20H,1H3. The highest BCUT2D eigenvalue weighted by molar-refractivity contribution is 7.87. The number of anilines is 2. The average Bonchev–Trinajstić information content (AvgIpc) is 2.82. The predicted molar refractivity (Wildman–Crippen MR) is 92.8 cm³/mol. The van der Waals surface area contributed by atoms with Gasteiger partial charge >= 0.3 is 0 Å². The molecule has 0 amide bonds. The van der Waals surface area contributed by atoms with Gasteiger partial charge in [0.15, 0.2) is 7.14 Å². The van der Waals surface area contributed by atoms with Crippen LogP contribution in [0.3, 0.4) is 0 Å². The summed E-state index contributed by atoms with van der Waals surface area (Å²) in [6, 6.07) is 20.3. The van der Waals surface area contributed by atoms with Gasteiger partial charge < -0.3 is 9.88 Å². The molecule has 3 aromatic rings. The minimum Gasteiger partial charge on any atom is -0.354 e. The molecule has 0 spiro atoms. The zero-order valence-electron chi connectivity index (χ0n) is 12.1. The van der Waals surface area contributed by atoms with Gasteiger partial charge in [0.1, 0.15) is 0 Å². The molecule has 3 aromatic carbocycles. The molecule has 2 aliphatic rings. The molecule has 2 aliphatic heterocycles. The molecule has 106 valence electrons. The SMILES string of the molecule is Cc1ccc2c3c1Nc1ccccc1P3(=O)c1ccccc1-2. The number of aryl methyl sites for hydroxylation is 1. The molecule has 1 unspecified atom stereocenters. The van der Waals surface area contributed by atoms with Crippen LogP contribution in [0.25, 0.3) is 11.1 Å². The van der Waals surface area contributed by atoms with Crippen LogP contribution in [-0.2, 0) is 4.57 Å². The van der Waals surface area contributed by atoms with Crippen LogP contribution in [0, 0.1) is 6.92 Å². The lowest BCUT2D eigenvalue weighted by molar-refractivity contribution is 0.593. The maximum absolute atomic E-state index is 14.2. The lowest BCUT2D eigenvalue weighted by Gasteiger charge is -2.28. The van der Waals surface area contributed by atoms with Gasteiger partial charge in [0.2, 0.25) is 0 Å². The Morgan fingerprint density at radius 3 is 2.41 bits per heavy atom. The predicted octanol–water partition coefficient (Wildman–Crippen LogP) is 3.67. The summed E-state index contributed by atoms with van der Waals surface area (Å²) in [7, 11) is -2.76. The summed E-state index contributed by atoms with van der Waals surface area (Å²) in [4.78, 5) is 0. The minimum atomic E-state index is -2.76. The van der Waals surface area contributed by atoms with Crippen LogP contribution in [0.4, 0.5) is 11.4 Å². The first-order chi connectivity index (χ1) is 10.7. The number of nitrogens with one attached hydrogen (secondary N) is 1. The second kappa shape index (κ2) is 3.91. The first-order valence-corrected chi connectivity index (χ1v) is 9.13. The Balaban J connectivity index is 2.03. The summed E-state index contributed by atoms with van der Waals surface area (Å²) < 4.78 is 14.2. The number of para-hydroxylation sites is 1. The van der Waals surface area contributed by atoms with E-state index < -0.39 is 7.14 Å². The second-order valence-electron chi connectivity index (χ2n) is 5.92. The van der Waals surface area contributed by atoms with E-state index in [1.54, 1.807) is 0 Å².